The number of aromatic amines is 1. The minimum Gasteiger partial charge on any atom is -0.329 e. The van der Waals surface area contributed by atoms with E-state index in [1.54, 1.807) is 6.20 Å². The van der Waals surface area contributed by atoms with Gasteiger partial charge in [-0.05, 0) is 17.7 Å². The third kappa shape index (κ3) is 1.87. The summed E-state index contributed by atoms with van der Waals surface area (Å²) >= 11 is 4.12. The van der Waals surface area contributed by atoms with Crippen molar-refractivity contribution >= 4 is 12.6 Å². The SMILES string of the molecule is CC(CS)c1ccc[nH]c1=O. The zero-order chi connectivity index (χ0) is 8.27. The molecule has 11 heavy (non-hydrogen) atoms. The van der Waals surface area contributed by atoms with Gasteiger partial charge in [0.1, 0.15) is 0 Å². The van der Waals surface area contributed by atoms with Crippen molar-refractivity contribution in [1.82, 2.24) is 4.98 Å². The molecule has 0 amide bonds. The molecule has 0 aliphatic carbocycles. The fraction of sp³-hybridized carbons (Fsp3) is 0.375. The zero-order valence-electron chi connectivity index (χ0n) is 6.37. The van der Waals surface area contributed by atoms with Crippen LogP contribution in [0.3, 0.4) is 0 Å². The molecule has 0 aliphatic rings. The largest absolute Gasteiger partial charge is 0.329 e. The van der Waals surface area contributed by atoms with Gasteiger partial charge in [-0.25, -0.2) is 0 Å². The van der Waals surface area contributed by atoms with E-state index in [9.17, 15) is 4.79 Å². The molecule has 1 atom stereocenters. The molecule has 0 spiro atoms. The van der Waals surface area contributed by atoms with Gasteiger partial charge in [0.25, 0.3) is 5.56 Å². The van der Waals surface area contributed by atoms with Crippen molar-refractivity contribution < 1.29 is 0 Å². The van der Waals surface area contributed by atoms with Gasteiger partial charge in [-0.1, -0.05) is 13.0 Å². The normalized spacial score (nSPS) is 12.9. The molecule has 0 saturated carbocycles. The molecule has 0 radical (unpaired) electrons. The molecule has 0 aromatic carbocycles. The van der Waals surface area contributed by atoms with Crippen molar-refractivity contribution in [3.05, 3.63) is 34.2 Å². The average Bonchev–Trinajstić information content (AvgIpc) is 2.04. The van der Waals surface area contributed by atoms with Crippen LogP contribution in [0.4, 0.5) is 0 Å². The van der Waals surface area contributed by atoms with E-state index in [0.717, 1.165) is 5.56 Å². The summed E-state index contributed by atoms with van der Waals surface area (Å²) in [6.45, 7) is 1.98. The fourth-order valence-corrected chi connectivity index (χ4v) is 1.12. The van der Waals surface area contributed by atoms with Crippen LogP contribution in [-0.4, -0.2) is 10.7 Å². The lowest BCUT2D eigenvalue weighted by atomic mass is 10.1. The highest BCUT2D eigenvalue weighted by atomic mass is 32.1. The molecule has 1 N–H and O–H groups in total. The van der Waals surface area contributed by atoms with Gasteiger partial charge in [0.2, 0.25) is 0 Å². The number of hydrogen-bond donors (Lipinski definition) is 2. The lowest BCUT2D eigenvalue weighted by Gasteiger charge is -2.04. The molecule has 1 heterocycles. The minimum atomic E-state index is -0.00551. The zero-order valence-corrected chi connectivity index (χ0v) is 7.27. The molecular weight excluding hydrogens is 158 g/mol. The van der Waals surface area contributed by atoms with E-state index in [0.29, 0.717) is 5.75 Å². The molecule has 1 unspecified atom stereocenters. The Balaban J connectivity index is 3.03. The number of thiol groups is 1. The van der Waals surface area contributed by atoms with E-state index >= 15 is 0 Å². The first kappa shape index (κ1) is 8.40. The van der Waals surface area contributed by atoms with Crippen LogP contribution in [0, 0.1) is 0 Å². The van der Waals surface area contributed by atoms with E-state index in [1.807, 2.05) is 19.1 Å². The van der Waals surface area contributed by atoms with Crippen LogP contribution < -0.4 is 5.56 Å². The van der Waals surface area contributed by atoms with Crippen LogP contribution in [0.2, 0.25) is 0 Å². The molecule has 3 heteroatoms. The second-order valence-electron chi connectivity index (χ2n) is 2.54. The highest BCUT2D eigenvalue weighted by molar-refractivity contribution is 7.80. The van der Waals surface area contributed by atoms with Crippen LogP contribution in [0.15, 0.2) is 23.1 Å². The Bertz CT molecular complexity index is 281. The van der Waals surface area contributed by atoms with Gasteiger partial charge in [0.05, 0.1) is 0 Å². The summed E-state index contributed by atoms with van der Waals surface area (Å²) in [6.07, 6.45) is 1.64. The summed E-state index contributed by atoms with van der Waals surface area (Å²) in [6, 6.07) is 3.66. The Morgan fingerprint density at radius 1 is 1.73 bits per heavy atom. The Kier molecular flexibility index (Phi) is 2.76. The Labute approximate surface area is 71.1 Å². The molecule has 0 fully saturated rings. The first-order valence-electron chi connectivity index (χ1n) is 3.54. The maximum atomic E-state index is 11.1. The number of aromatic nitrogens is 1. The van der Waals surface area contributed by atoms with Crippen molar-refractivity contribution in [3.8, 4) is 0 Å². The number of pyridine rings is 1. The van der Waals surface area contributed by atoms with Gasteiger partial charge in [-0.3, -0.25) is 4.79 Å². The Morgan fingerprint density at radius 3 is 3.00 bits per heavy atom. The monoisotopic (exact) mass is 169 g/mol. The predicted octanol–water partition coefficient (Wildman–Crippen LogP) is 1.41. The third-order valence-electron chi connectivity index (χ3n) is 1.65. The summed E-state index contributed by atoms with van der Waals surface area (Å²) in [5.41, 5.74) is 0.802. The van der Waals surface area contributed by atoms with Crippen molar-refractivity contribution in [1.29, 1.82) is 0 Å². The molecule has 1 rings (SSSR count). The van der Waals surface area contributed by atoms with Crippen LogP contribution in [-0.2, 0) is 0 Å². The third-order valence-corrected chi connectivity index (χ3v) is 2.20. The summed E-state index contributed by atoms with van der Waals surface area (Å²) < 4.78 is 0. The average molecular weight is 169 g/mol. The highest BCUT2D eigenvalue weighted by Gasteiger charge is 2.05. The van der Waals surface area contributed by atoms with Crippen molar-refractivity contribution in [2.75, 3.05) is 5.75 Å². The molecular formula is C8H11NOS. The lowest BCUT2D eigenvalue weighted by Crippen LogP contribution is -2.14. The topological polar surface area (TPSA) is 32.9 Å². The molecule has 0 aliphatic heterocycles. The van der Waals surface area contributed by atoms with Gasteiger partial charge >= 0.3 is 0 Å². The van der Waals surface area contributed by atoms with Crippen LogP contribution >= 0.6 is 12.6 Å². The van der Waals surface area contributed by atoms with Gasteiger partial charge in [0.15, 0.2) is 0 Å². The molecule has 60 valence electrons. The Hall–Kier alpha value is -0.700. The van der Waals surface area contributed by atoms with Gasteiger partial charge < -0.3 is 4.98 Å². The molecule has 0 bridgehead atoms. The van der Waals surface area contributed by atoms with Crippen LogP contribution in [0.25, 0.3) is 0 Å². The Morgan fingerprint density at radius 2 is 2.45 bits per heavy atom. The second kappa shape index (κ2) is 3.62. The maximum Gasteiger partial charge on any atom is 0.251 e. The smallest absolute Gasteiger partial charge is 0.251 e. The van der Waals surface area contributed by atoms with E-state index < -0.39 is 0 Å². The number of hydrogen-bond acceptors (Lipinski definition) is 2. The number of rotatable bonds is 2. The quantitative estimate of drug-likeness (QED) is 0.645. The van der Waals surface area contributed by atoms with Crippen LogP contribution in [0.1, 0.15) is 18.4 Å². The summed E-state index contributed by atoms with van der Waals surface area (Å²) in [5.74, 6) is 0.927. The lowest BCUT2D eigenvalue weighted by molar-refractivity contribution is 0.859. The summed E-state index contributed by atoms with van der Waals surface area (Å²) in [4.78, 5) is 13.8. The number of H-pyrrole nitrogens is 1. The first-order valence-corrected chi connectivity index (χ1v) is 4.17. The minimum absolute atomic E-state index is 0.00551. The second-order valence-corrected chi connectivity index (χ2v) is 2.90. The van der Waals surface area contributed by atoms with Crippen molar-refractivity contribution in [2.45, 2.75) is 12.8 Å². The first-order chi connectivity index (χ1) is 5.25. The van der Waals surface area contributed by atoms with Crippen molar-refractivity contribution in [2.24, 2.45) is 0 Å². The fourth-order valence-electron chi connectivity index (χ4n) is 0.921. The molecule has 1 aromatic heterocycles. The highest BCUT2D eigenvalue weighted by Crippen LogP contribution is 2.10. The molecule has 1 aromatic rings. The molecule has 2 nitrogen and oxygen atoms in total. The van der Waals surface area contributed by atoms with E-state index in [-0.39, 0.29) is 11.5 Å². The molecule has 0 saturated heterocycles. The van der Waals surface area contributed by atoms with E-state index in [2.05, 4.69) is 17.6 Å². The van der Waals surface area contributed by atoms with E-state index in [1.165, 1.54) is 0 Å². The maximum absolute atomic E-state index is 11.1. The van der Waals surface area contributed by atoms with E-state index in [4.69, 9.17) is 0 Å². The van der Waals surface area contributed by atoms with Gasteiger partial charge in [-0.2, -0.15) is 12.6 Å². The number of nitrogens with one attached hydrogen (secondary N) is 1. The van der Waals surface area contributed by atoms with Crippen LogP contribution in [0.5, 0.6) is 0 Å². The van der Waals surface area contributed by atoms with Gasteiger partial charge in [-0.15, -0.1) is 0 Å². The standard InChI is InChI=1S/C8H11NOS/c1-6(5-11)7-3-2-4-9-8(7)10/h2-4,6,11H,5H2,1H3,(H,9,10). The van der Waals surface area contributed by atoms with Crippen molar-refractivity contribution in [3.63, 3.8) is 0 Å². The summed E-state index contributed by atoms with van der Waals surface area (Å²) in [5, 5.41) is 0. The predicted molar refractivity (Wildman–Crippen MR) is 49.3 cm³/mol. The van der Waals surface area contributed by atoms with Gasteiger partial charge in [0, 0.05) is 11.8 Å². The summed E-state index contributed by atoms with van der Waals surface area (Å²) in [7, 11) is 0.